The van der Waals surface area contributed by atoms with Crippen molar-refractivity contribution in [3.05, 3.63) is 35.4 Å². The van der Waals surface area contributed by atoms with E-state index in [4.69, 9.17) is 0 Å². The molecule has 1 unspecified atom stereocenters. The molecule has 1 atom stereocenters. The second kappa shape index (κ2) is 6.73. The van der Waals surface area contributed by atoms with Crippen LogP contribution in [0.2, 0.25) is 0 Å². The smallest absolute Gasteiger partial charge is 0.00160 e. The Kier molecular flexibility index (Phi) is 4.74. The third-order valence-electron chi connectivity index (χ3n) is 5.17. The van der Waals surface area contributed by atoms with Gasteiger partial charge >= 0.3 is 0 Å². The van der Waals surface area contributed by atoms with Gasteiger partial charge in [0.05, 0.1) is 0 Å². The number of piperidine rings is 1. The van der Waals surface area contributed by atoms with E-state index in [-0.39, 0.29) is 0 Å². The van der Waals surface area contributed by atoms with Crippen molar-refractivity contribution in [3.8, 4) is 0 Å². The Bertz CT molecular complexity index is 406. The minimum absolute atomic E-state index is 0.780. The van der Waals surface area contributed by atoms with Crippen LogP contribution in [0.4, 0.5) is 0 Å². The number of benzene rings is 1. The van der Waals surface area contributed by atoms with Crippen LogP contribution in [0.1, 0.15) is 55.1 Å². The highest BCUT2D eigenvalue weighted by atomic mass is 15.1. The molecule has 1 N–H and O–H groups in total. The van der Waals surface area contributed by atoms with Crippen molar-refractivity contribution >= 4 is 0 Å². The minimum Gasteiger partial charge on any atom is -0.317 e. The zero-order valence-corrected chi connectivity index (χ0v) is 12.8. The summed E-state index contributed by atoms with van der Waals surface area (Å²) < 4.78 is 0. The van der Waals surface area contributed by atoms with E-state index in [2.05, 4.69) is 41.5 Å². The van der Waals surface area contributed by atoms with Gasteiger partial charge in [0.25, 0.3) is 0 Å². The summed E-state index contributed by atoms with van der Waals surface area (Å²) in [4.78, 5) is 2.48. The lowest BCUT2D eigenvalue weighted by atomic mass is 9.87. The molecule has 0 saturated carbocycles. The van der Waals surface area contributed by atoms with Crippen molar-refractivity contribution in [1.82, 2.24) is 10.2 Å². The highest BCUT2D eigenvalue weighted by Gasteiger charge is 2.18. The summed E-state index contributed by atoms with van der Waals surface area (Å²) in [5, 5.41) is 3.45. The SMILES string of the molecule is CN1CCCC(c2ccc(C3CCNCC3)cc2)CC1. The maximum absolute atomic E-state index is 3.45. The van der Waals surface area contributed by atoms with Crippen molar-refractivity contribution < 1.29 is 0 Å². The summed E-state index contributed by atoms with van der Waals surface area (Å²) in [6.45, 7) is 4.88. The minimum atomic E-state index is 0.780. The van der Waals surface area contributed by atoms with Crippen LogP contribution in [0, 0.1) is 0 Å². The van der Waals surface area contributed by atoms with Crippen LogP contribution in [0.5, 0.6) is 0 Å². The maximum atomic E-state index is 3.45. The first-order valence-corrected chi connectivity index (χ1v) is 8.32. The Labute approximate surface area is 123 Å². The van der Waals surface area contributed by atoms with Gasteiger partial charge in [-0.25, -0.2) is 0 Å². The third-order valence-corrected chi connectivity index (χ3v) is 5.17. The van der Waals surface area contributed by atoms with E-state index in [1.807, 2.05) is 0 Å². The molecule has 1 aromatic rings. The molecule has 2 fully saturated rings. The first-order valence-electron chi connectivity index (χ1n) is 8.32. The van der Waals surface area contributed by atoms with E-state index in [9.17, 15) is 0 Å². The van der Waals surface area contributed by atoms with Gasteiger partial charge in [0.15, 0.2) is 0 Å². The highest BCUT2D eigenvalue weighted by Crippen LogP contribution is 2.30. The number of rotatable bonds is 2. The van der Waals surface area contributed by atoms with Crippen molar-refractivity contribution in [1.29, 1.82) is 0 Å². The predicted octanol–water partition coefficient (Wildman–Crippen LogP) is 3.35. The molecule has 2 nitrogen and oxygen atoms in total. The molecule has 0 spiro atoms. The van der Waals surface area contributed by atoms with Gasteiger partial charge in [-0.1, -0.05) is 24.3 Å². The summed E-state index contributed by atoms with van der Waals surface area (Å²) in [5.74, 6) is 1.56. The standard InChI is InChI=1S/C18H28N2/c1-20-13-2-3-15(10-14-20)16-4-6-17(7-5-16)18-8-11-19-12-9-18/h4-7,15,18-19H,2-3,8-14H2,1H3. The molecular formula is C18H28N2. The number of nitrogens with zero attached hydrogens (tertiary/aromatic N) is 1. The van der Waals surface area contributed by atoms with Crippen molar-refractivity contribution in [2.24, 2.45) is 0 Å². The molecule has 2 saturated heterocycles. The van der Waals surface area contributed by atoms with Gasteiger partial charge in [0.1, 0.15) is 0 Å². The highest BCUT2D eigenvalue weighted by molar-refractivity contribution is 5.28. The zero-order chi connectivity index (χ0) is 13.8. The molecule has 2 heterocycles. The Morgan fingerprint density at radius 1 is 0.850 bits per heavy atom. The summed E-state index contributed by atoms with van der Waals surface area (Å²) in [6.07, 6.45) is 6.62. The van der Waals surface area contributed by atoms with Crippen LogP contribution >= 0.6 is 0 Å². The van der Waals surface area contributed by atoms with Gasteiger partial charge in [0.2, 0.25) is 0 Å². The number of likely N-dealkylation sites (tertiary alicyclic amines) is 1. The van der Waals surface area contributed by atoms with Crippen LogP contribution in [-0.2, 0) is 0 Å². The fourth-order valence-electron chi connectivity index (χ4n) is 3.77. The second-order valence-electron chi connectivity index (χ2n) is 6.62. The lowest BCUT2D eigenvalue weighted by molar-refractivity contribution is 0.347. The quantitative estimate of drug-likeness (QED) is 0.888. The normalized spacial score (nSPS) is 26.4. The second-order valence-corrected chi connectivity index (χ2v) is 6.62. The van der Waals surface area contributed by atoms with Crippen molar-refractivity contribution in [2.75, 3.05) is 33.2 Å². The third kappa shape index (κ3) is 3.42. The molecule has 110 valence electrons. The molecule has 2 aliphatic heterocycles. The van der Waals surface area contributed by atoms with Gasteiger partial charge in [-0.15, -0.1) is 0 Å². The van der Waals surface area contributed by atoms with E-state index in [1.165, 1.54) is 58.3 Å². The summed E-state index contributed by atoms with van der Waals surface area (Å²) in [7, 11) is 2.25. The van der Waals surface area contributed by atoms with Gasteiger partial charge in [-0.05, 0) is 88.3 Å². The predicted molar refractivity (Wildman–Crippen MR) is 85.4 cm³/mol. The van der Waals surface area contributed by atoms with Crippen LogP contribution in [0.25, 0.3) is 0 Å². The molecule has 20 heavy (non-hydrogen) atoms. The van der Waals surface area contributed by atoms with Crippen molar-refractivity contribution in [2.45, 2.75) is 43.9 Å². The molecule has 0 amide bonds. The summed E-state index contributed by atoms with van der Waals surface area (Å²) in [5.41, 5.74) is 3.12. The van der Waals surface area contributed by atoms with E-state index < -0.39 is 0 Å². The molecule has 3 rings (SSSR count). The number of hydrogen-bond acceptors (Lipinski definition) is 2. The topological polar surface area (TPSA) is 15.3 Å². The summed E-state index contributed by atoms with van der Waals surface area (Å²) >= 11 is 0. The fraction of sp³-hybridized carbons (Fsp3) is 0.667. The van der Waals surface area contributed by atoms with Crippen LogP contribution in [-0.4, -0.2) is 38.1 Å². The molecule has 0 aliphatic carbocycles. The molecule has 1 aromatic carbocycles. The first-order chi connectivity index (χ1) is 9.83. The van der Waals surface area contributed by atoms with Crippen molar-refractivity contribution in [3.63, 3.8) is 0 Å². The maximum Gasteiger partial charge on any atom is -0.00160 e. The Morgan fingerprint density at radius 2 is 1.45 bits per heavy atom. The molecule has 0 radical (unpaired) electrons. The molecule has 0 aromatic heterocycles. The van der Waals surface area contributed by atoms with Gasteiger partial charge in [-0.3, -0.25) is 0 Å². The Hall–Kier alpha value is -0.860. The Balaban J connectivity index is 1.65. The van der Waals surface area contributed by atoms with E-state index in [0.717, 1.165) is 11.8 Å². The first kappa shape index (κ1) is 14.1. The van der Waals surface area contributed by atoms with E-state index in [0.29, 0.717) is 0 Å². The molecular weight excluding hydrogens is 244 g/mol. The number of hydrogen-bond donors (Lipinski definition) is 1. The lowest BCUT2D eigenvalue weighted by Gasteiger charge is -2.23. The Morgan fingerprint density at radius 3 is 2.10 bits per heavy atom. The fourth-order valence-corrected chi connectivity index (χ4v) is 3.77. The van der Waals surface area contributed by atoms with Crippen LogP contribution < -0.4 is 5.32 Å². The van der Waals surface area contributed by atoms with Gasteiger partial charge in [-0.2, -0.15) is 0 Å². The van der Waals surface area contributed by atoms with E-state index in [1.54, 1.807) is 11.1 Å². The monoisotopic (exact) mass is 272 g/mol. The summed E-state index contributed by atoms with van der Waals surface area (Å²) in [6, 6.07) is 9.63. The average molecular weight is 272 g/mol. The van der Waals surface area contributed by atoms with Gasteiger partial charge < -0.3 is 10.2 Å². The molecule has 2 heteroatoms. The van der Waals surface area contributed by atoms with Crippen LogP contribution in [0.3, 0.4) is 0 Å². The van der Waals surface area contributed by atoms with E-state index >= 15 is 0 Å². The number of nitrogens with one attached hydrogen (secondary N) is 1. The molecule has 0 bridgehead atoms. The van der Waals surface area contributed by atoms with Crippen LogP contribution in [0.15, 0.2) is 24.3 Å². The molecule has 2 aliphatic rings. The zero-order valence-electron chi connectivity index (χ0n) is 12.8. The largest absolute Gasteiger partial charge is 0.317 e. The average Bonchev–Trinajstić information content (AvgIpc) is 2.73. The van der Waals surface area contributed by atoms with Gasteiger partial charge in [0, 0.05) is 0 Å². The lowest BCUT2D eigenvalue weighted by Crippen LogP contribution is -2.26.